The Hall–Kier alpha value is -2.31. The first-order chi connectivity index (χ1) is 11.8. The van der Waals surface area contributed by atoms with E-state index in [0.717, 1.165) is 41.8 Å². The summed E-state index contributed by atoms with van der Waals surface area (Å²) >= 11 is 0. The number of nitrogens with zero attached hydrogens (tertiary/aromatic N) is 5. The summed E-state index contributed by atoms with van der Waals surface area (Å²) in [6, 6.07) is 0. The zero-order valence-corrected chi connectivity index (χ0v) is 16.4. The van der Waals surface area contributed by atoms with Crippen LogP contribution in [0.3, 0.4) is 0 Å². The van der Waals surface area contributed by atoms with E-state index in [0.29, 0.717) is 12.5 Å². The average molecular weight is 346 g/mol. The predicted octanol–water partition coefficient (Wildman–Crippen LogP) is 2.75. The van der Waals surface area contributed by atoms with Gasteiger partial charge in [-0.2, -0.15) is 5.10 Å². The molecule has 0 amide bonds. The molecule has 0 aliphatic heterocycles. The van der Waals surface area contributed by atoms with Gasteiger partial charge in [0.25, 0.3) is 0 Å². The zero-order valence-electron chi connectivity index (χ0n) is 16.4. The number of rotatable bonds is 6. The number of hydrogen-bond donors (Lipinski definition) is 1. The summed E-state index contributed by atoms with van der Waals surface area (Å²) in [4.78, 5) is 6.89. The van der Waals surface area contributed by atoms with Gasteiger partial charge in [-0.05, 0) is 26.7 Å². The maximum atomic E-state index is 5.22. The van der Waals surface area contributed by atoms with Crippen molar-refractivity contribution in [3.63, 3.8) is 0 Å². The smallest absolute Gasteiger partial charge is 0.194 e. The molecule has 0 saturated heterocycles. The first-order valence-electron chi connectivity index (χ1n) is 8.77. The van der Waals surface area contributed by atoms with Crippen LogP contribution >= 0.6 is 0 Å². The Morgan fingerprint density at radius 2 is 2.12 bits per heavy atom. The number of aryl methyl sites for hydroxylation is 3. The van der Waals surface area contributed by atoms with Crippen LogP contribution in [0.4, 0.5) is 0 Å². The fourth-order valence-electron chi connectivity index (χ4n) is 2.84. The van der Waals surface area contributed by atoms with Crippen LogP contribution in [0, 0.1) is 13.8 Å². The summed E-state index contributed by atoms with van der Waals surface area (Å²) in [6.07, 6.45) is 2.09. The second kappa shape index (κ2) is 8.18. The number of guanidine groups is 1. The lowest BCUT2D eigenvalue weighted by molar-refractivity contribution is 0.392. The Morgan fingerprint density at radius 3 is 2.68 bits per heavy atom. The van der Waals surface area contributed by atoms with Crippen LogP contribution in [0.25, 0.3) is 0 Å². The van der Waals surface area contributed by atoms with Gasteiger partial charge in [0, 0.05) is 44.5 Å². The molecule has 0 aromatic carbocycles. The van der Waals surface area contributed by atoms with Gasteiger partial charge < -0.3 is 14.7 Å². The Bertz CT molecular complexity index is 709. The Morgan fingerprint density at radius 1 is 1.40 bits per heavy atom. The van der Waals surface area contributed by atoms with Gasteiger partial charge in [0.05, 0.1) is 17.9 Å². The highest BCUT2D eigenvalue weighted by atomic mass is 16.5. The van der Waals surface area contributed by atoms with E-state index >= 15 is 0 Å². The highest BCUT2D eigenvalue weighted by Gasteiger charge is 2.15. The lowest BCUT2D eigenvalue weighted by Crippen LogP contribution is -2.38. The minimum Gasteiger partial charge on any atom is -0.361 e. The number of aromatic nitrogens is 3. The maximum absolute atomic E-state index is 5.22. The molecular formula is C18H30N6O. The number of nitrogens with one attached hydrogen (secondary N) is 1. The molecule has 0 aliphatic rings. The molecule has 0 unspecified atom stereocenters. The third kappa shape index (κ3) is 4.61. The van der Waals surface area contributed by atoms with Crippen LogP contribution in [0.15, 0.2) is 15.7 Å². The Labute approximate surface area is 150 Å². The standard InChI is InChI=1S/C18H30N6O/c1-8-19-18(20-9-16-13(4)22-25-14(16)5)23(6)10-15-11-24(7)21-17(15)12(2)3/h11-12H,8-10H2,1-7H3,(H,19,20). The molecule has 0 spiro atoms. The molecule has 0 bridgehead atoms. The molecule has 2 heterocycles. The monoisotopic (exact) mass is 346 g/mol. The summed E-state index contributed by atoms with van der Waals surface area (Å²) in [5.74, 6) is 2.08. The SMILES string of the molecule is CCNC(=NCc1c(C)noc1C)N(C)Cc1cn(C)nc1C(C)C. The van der Waals surface area contributed by atoms with E-state index in [4.69, 9.17) is 9.52 Å². The average Bonchev–Trinajstić information content (AvgIpc) is 3.07. The molecule has 1 N–H and O–H groups in total. The summed E-state index contributed by atoms with van der Waals surface area (Å²) in [6.45, 7) is 12.4. The van der Waals surface area contributed by atoms with Crippen molar-refractivity contribution in [3.8, 4) is 0 Å². The van der Waals surface area contributed by atoms with E-state index in [1.54, 1.807) is 0 Å². The molecule has 0 radical (unpaired) electrons. The Balaban J connectivity index is 2.17. The van der Waals surface area contributed by atoms with Crippen LogP contribution in [0.1, 0.15) is 55.0 Å². The van der Waals surface area contributed by atoms with Crippen LogP contribution in [-0.4, -0.2) is 39.4 Å². The molecule has 0 atom stereocenters. The van der Waals surface area contributed by atoms with Gasteiger partial charge in [0.1, 0.15) is 5.76 Å². The normalized spacial score (nSPS) is 12.1. The van der Waals surface area contributed by atoms with E-state index in [1.807, 2.05) is 32.6 Å². The van der Waals surface area contributed by atoms with Gasteiger partial charge in [-0.1, -0.05) is 19.0 Å². The van der Waals surface area contributed by atoms with Gasteiger partial charge in [0.2, 0.25) is 0 Å². The van der Waals surface area contributed by atoms with Crippen LogP contribution in [0.2, 0.25) is 0 Å². The minimum atomic E-state index is 0.395. The van der Waals surface area contributed by atoms with Gasteiger partial charge >= 0.3 is 0 Å². The van der Waals surface area contributed by atoms with Crippen molar-refractivity contribution in [3.05, 3.63) is 34.5 Å². The molecule has 0 aliphatic carbocycles. The molecule has 25 heavy (non-hydrogen) atoms. The molecule has 7 nitrogen and oxygen atoms in total. The molecule has 0 saturated carbocycles. The minimum absolute atomic E-state index is 0.395. The van der Waals surface area contributed by atoms with E-state index in [9.17, 15) is 0 Å². The molecular weight excluding hydrogens is 316 g/mol. The third-order valence-electron chi connectivity index (χ3n) is 4.16. The maximum Gasteiger partial charge on any atom is 0.194 e. The number of hydrogen-bond acceptors (Lipinski definition) is 4. The second-order valence-electron chi connectivity index (χ2n) is 6.70. The third-order valence-corrected chi connectivity index (χ3v) is 4.16. The quantitative estimate of drug-likeness (QED) is 0.643. The lowest BCUT2D eigenvalue weighted by atomic mass is 10.1. The second-order valence-corrected chi connectivity index (χ2v) is 6.70. The molecule has 2 aromatic heterocycles. The van der Waals surface area contributed by atoms with Gasteiger partial charge in [0.15, 0.2) is 5.96 Å². The van der Waals surface area contributed by atoms with Gasteiger partial charge in [-0.15, -0.1) is 0 Å². The van der Waals surface area contributed by atoms with E-state index in [1.165, 1.54) is 5.56 Å². The van der Waals surface area contributed by atoms with Crippen LogP contribution in [0.5, 0.6) is 0 Å². The number of aliphatic imine (C=N–C) groups is 1. The lowest BCUT2D eigenvalue weighted by Gasteiger charge is -2.22. The van der Waals surface area contributed by atoms with Crippen molar-refractivity contribution in [2.24, 2.45) is 12.0 Å². The zero-order chi connectivity index (χ0) is 18.6. The van der Waals surface area contributed by atoms with Crippen molar-refractivity contribution < 1.29 is 4.52 Å². The van der Waals surface area contributed by atoms with Crippen molar-refractivity contribution in [2.75, 3.05) is 13.6 Å². The molecule has 0 fully saturated rings. The first-order valence-corrected chi connectivity index (χ1v) is 8.77. The highest BCUT2D eigenvalue weighted by molar-refractivity contribution is 5.79. The van der Waals surface area contributed by atoms with Crippen molar-refractivity contribution >= 4 is 5.96 Å². The van der Waals surface area contributed by atoms with Crippen molar-refractivity contribution in [1.29, 1.82) is 0 Å². The van der Waals surface area contributed by atoms with E-state index < -0.39 is 0 Å². The summed E-state index contributed by atoms with van der Waals surface area (Å²) in [5.41, 5.74) is 4.31. The fourth-order valence-corrected chi connectivity index (χ4v) is 2.84. The highest BCUT2D eigenvalue weighted by Crippen LogP contribution is 2.19. The van der Waals surface area contributed by atoms with Crippen LogP contribution < -0.4 is 5.32 Å². The van der Waals surface area contributed by atoms with E-state index in [-0.39, 0.29) is 0 Å². The molecule has 2 aromatic rings. The van der Waals surface area contributed by atoms with Gasteiger partial charge in [-0.3, -0.25) is 4.68 Å². The fraction of sp³-hybridized carbons (Fsp3) is 0.611. The summed E-state index contributed by atoms with van der Waals surface area (Å²) in [5, 5.41) is 11.9. The van der Waals surface area contributed by atoms with Crippen molar-refractivity contribution in [1.82, 2.24) is 25.2 Å². The molecule has 2 rings (SSSR count). The van der Waals surface area contributed by atoms with Crippen molar-refractivity contribution in [2.45, 2.75) is 53.6 Å². The Kier molecular flexibility index (Phi) is 6.22. The molecule has 138 valence electrons. The summed E-state index contributed by atoms with van der Waals surface area (Å²) < 4.78 is 7.11. The first kappa shape index (κ1) is 19.0. The summed E-state index contributed by atoms with van der Waals surface area (Å²) in [7, 11) is 4.01. The predicted molar refractivity (Wildman–Crippen MR) is 99.6 cm³/mol. The van der Waals surface area contributed by atoms with Crippen LogP contribution in [-0.2, 0) is 20.1 Å². The van der Waals surface area contributed by atoms with Gasteiger partial charge in [-0.25, -0.2) is 4.99 Å². The largest absolute Gasteiger partial charge is 0.361 e. The van der Waals surface area contributed by atoms with E-state index in [2.05, 4.69) is 47.4 Å². The topological polar surface area (TPSA) is 71.5 Å². The molecule has 7 heteroatoms.